The third-order valence-electron chi connectivity index (χ3n) is 10.9. The molecule has 240 valence electrons. The van der Waals surface area contributed by atoms with E-state index < -0.39 is 0 Å². The van der Waals surface area contributed by atoms with Crippen LogP contribution < -0.4 is 0 Å². The van der Waals surface area contributed by atoms with Crippen LogP contribution in [0.5, 0.6) is 0 Å². The topological polar surface area (TPSA) is 25.8 Å². The summed E-state index contributed by atoms with van der Waals surface area (Å²) >= 11 is 0. The van der Waals surface area contributed by atoms with Gasteiger partial charge in [-0.25, -0.2) is 9.97 Å². The van der Waals surface area contributed by atoms with Gasteiger partial charge in [0.15, 0.2) is 5.82 Å². The van der Waals surface area contributed by atoms with Gasteiger partial charge >= 0.3 is 0 Å². The third-order valence-corrected chi connectivity index (χ3v) is 10.9. The highest BCUT2D eigenvalue weighted by molar-refractivity contribution is 6.07. The van der Waals surface area contributed by atoms with Crippen LogP contribution in [0.25, 0.3) is 88.5 Å². The molecule has 1 heterocycles. The van der Waals surface area contributed by atoms with Gasteiger partial charge in [0.25, 0.3) is 0 Å². The number of hydrogen-bond donors (Lipinski definition) is 0. The summed E-state index contributed by atoms with van der Waals surface area (Å²) < 4.78 is 0. The second-order valence-electron chi connectivity index (χ2n) is 14.2. The Balaban J connectivity index is 1.15. The fourth-order valence-electron chi connectivity index (χ4n) is 8.33. The molecule has 2 heteroatoms. The van der Waals surface area contributed by atoms with Gasteiger partial charge in [0, 0.05) is 22.1 Å². The minimum Gasteiger partial charge on any atom is -0.228 e. The molecule has 0 saturated heterocycles. The average Bonchev–Trinajstić information content (AvgIpc) is 3.43. The summed E-state index contributed by atoms with van der Waals surface area (Å²) in [6, 6.07) is 61.2. The smallest absolute Gasteiger partial charge is 0.161 e. The maximum atomic E-state index is 5.31. The molecule has 0 bridgehead atoms. The van der Waals surface area contributed by atoms with Crippen molar-refractivity contribution in [3.63, 3.8) is 0 Å². The van der Waals surface area contributed by atoms with E-state index in [-0.39, 0.29) is 5.41 Å². The zero-order chi connectivity index (χ0) is 34.1. The zero-order valence-electron chi connectivity index (χ0n) is 28.6. The highest BCUT2D eigenvalue weighted by Crippen LogP contribution is 2.52. The number of hydrogen-bond acceptors (Lipinski definition) is 2. The molecule has 0 atom stereocenters. The summed E-state index contributed by atoms with van der Waals surface area (Å²) in [7, 11) is 0. The molecule has 0 radical (unpaired) electrons. The SMILES string of the molecule is CC1(C)c2cc(-c3ccc(-c4cc(-c5ccccc5)nc(-c5cccc6ccccc56)n4)c4ccccc34)ccc2-c2c1ccc1ccccc21. The second-order valence-corrected chi connectivity index (χ2v) is 14.2. The number of fused-ring (bicyclic) bond motifs is 7. The lowest BCUT2D eigenvalue weighted by atomic mass is 9.81. The van der Waals surface area contributed by atoms with E-state index in [9.17, 15) is 0 Å². The van der Waals surface area contributed by atoms with Gasteiger partial charge < -0.3 is 0 Å². The highest BCUT2D eigenvalue weighted by atomic mass is 14.9. The lowest BCUT2D eigenvalue weighted by Crippen LogP contribution is -2.15. The van der Waals surface area contributed by atoms with Crippen molar-refractivity contribution in [2.24, 2.45) is 0 Å². The van der Waals surface area contributed by atoms with E-state index >= 15 is 0 Å². The molecule has 0 unspecified atom stereocenters. The van der Waals surface area contributed by atoms with E-state index in [1.54, 1.807) is 0 Å². The lowest BCUT2D eigenvalue weighted by molar-refractivity contribution is 0.661. The van der Waals surface area contributed by atoms with E-state index in [2.05, 4.69) is 178 Å². The maximum Gasteiger partial charge on any atom is 0.161 e. The Labute approximate surface area is 297 Å². The number of benzene rings is 8. The molecule has 1 aliphatic carbocycles. The first kappa shape index (κ1) is 29.5. The molecule has 10 rings (SSSR count). The molecule has 2 nitrogen and oxygen atoms in total. The molecule has 0 N–H and O–H groups in total. The van der Waals surface area contributed by atoms with Gasteiger partial charge in [-0.05, 0) is 77.8 Å². The Hall–Kier alpha value is -6.38. The highest BCUT2D eigenvalue weighted by Gasteiger charge is 2.36. The number of rotatable bonds is 4. The summed E-state index contributed by atoms with van der Waals surface area (Å²) in [6.07, 6.45) is 0. The summed E-state index contributed by atoms with van der Waals surface area (Å²) in [6.45, 7) is 4.73. The summed E-state index contributed by atoms with van der Waals surface area (Å²) in [5, 5.41) is 7.31. The monoisotopic (exact) mass is 650 g/mol. The molecular formula is C49H34N2. The van der Waals surface area contributed by atoms with E-state index in [4.69, 9.17) is 9.97 Å². The summed E-state index contributed by atoms with van der Waals surface area (Å²) in [4.78, 5) is 10.5. The van der Waals surface area contributed by atoms with Gasteiger partial charge in [0.1, 0.15) is 0 Å². The standard InChI is InChI=1S/C49H34N2/c1-49(2)43-28-24-32-14-7-9-19-37(32)47(43)42-25-23-34(29-44(42)49)36-26-27-40(39-21-11-10-20-38(36)39)46-30-45(33-15-4-3-5-16-33)50-48(51-46)41-22-12-17-31-13-6-8-18-35(31)41/h3-30H,1-2H3. The van der Waals surface area contributed by atoms with Gasteiger partial charge in [-0.2, -0.15) is 0 Å². The fourth-order valence-corrected chi connectivity index (χ4v) is 8.33. The van der Waals surface area contributed by atoms with Crippen LogP contribution in [0.3, 0.4) is 0 Å². The number of nitrogens with zero attached hydrogens (tertiary/aromatic N) is 2. The van der Waals surface area contributed by atoms with Crippen LogP contribution in [-0.4, -0.2) is 9.97 Å². The first-order valence-corrected chi connectivity index (χ1v) is 17.7. The first-order valence-electron chi connectivity index (χ1n) is 17.7. The van der Waals surface area contributed by atoms with Crippen molar-refractivity contribution in [3.8, 4) is 56.2 Å². The van der Waals surface area contributed by atoms with Gasteiger partial charge in [-0.15, -0.1) is 0 Å². The van der Waals surface area contributed by atoms with Gasteiger partial charge in [-0.1, -0.05) is 172 Å². The molecular weight excluding hydrogens is 617 g/mol. The maximum absolute atomic E-state index is 5.31. The molecule has 51 heavy (non-hydrogen) atoms. The van der Waals surface area contributed by atoms with Gasteiger partial charge in [-0.3, -0.25) is 0 Å². The van der Waals surface area contributed by atoms with Crippen LogP contribution in [-0.2, 0) is 5.41 Å². The van der Waals surface area contributed by atoms with Gasteiger partial charge in [0.05, 0.1) is 11.4 Å². The van der Waals surface area contributed by atoms with Crippen LogP contribution in [0.2, 0.25) is 0 Å². The predicted molar refractivity (Wildman–Crippen MR) is 214 cm³/mol. The average molecular weight is 651 g/mol. The zero-order valence-corrected chi connectivity index (χ0v) is 28.6. The Kier molecular flexibility index (Phi) is 6.56. The van der Waals surface area contributed by atoms with Crippen molar-refractivity contribution in [2.45, 2.75) is 19.3 Å². The molecule has 8 aromatic carbocycles. The molecule has 0 saturated carbocycles. The lowest BCUT2D eigenvalue weighted by Gasteiger charge is -2.22. The summed E-state index contributed by atoms with van der Waals surface area (Å²) in [5.41, 5.74) is 12.8. The van der Waals surface area contributed by atoms with Crippen LogP contribution in [0, 0.1) is 0 Å². The van der Waals surface area contributed by atoms with E-state index in [1.165, 1.54) is 60.3 Å². The van der Waals surface area contributed by atoms with Crippen LogP contribution >= 0.6 is 0 Å². The molecule has 0 fully saturated rings. The van der Waals surface area contributed by atoms with Crippen LogP contribution in [0.15, 0.2) is 170 Å². The van der Waals surface area contributed by atoms with Crippen molar-refractivity contribution in [3.05, 3.63) is 181 Å². The molecule has 0 amide bonds. The van der Waals surface area contributed by atoms with Gasteiger partial charge in [0.2, 0.25) is 0 Å². The normalized spacial score (nSPS) is 13.1. The van der Waals surface area contributed by atoms with Crippen molar-refractivity contribution >= 4 is 32.3 Å². The predicted octanol–water partition coefficient (Wildman–Crippen LogP) is 12.9. The molecule has 0 spiro atoms. The first-order chi connectivity index (χ1) is 25.0. The third kappa shape index (κ3) is 4.64. The molecule has 0 aliphatic heterocycles. The Bertz CT molecular complexity index is 2820. The Morgan fingerprint density at radius 1 is 0.373 bits per heavy atom. The van der Waals surface area contributed by atoms with Crippen molar-refractivity contribution in [2.75, 3.05) is 0 Å². The number of aromatic nitrogens is 2. The largest absolute Gasteiger partial charge is 0.228 e. The van der Waals surface area contributed by atoms with Crippen molar-refractivity contribution < 1.29 is 0 Å². The van der Waals surface area contributed by atoms with Crippen molar-refractivity contribution in [1.82, 2.24) is 9.97 Å². The molecule has 1 aromatic heterocycles. The summed E-state index contributed by atoms with van der Waals surface area (Å²) in [5.74, 6) is 0.726. The van der Waals surface area contributed by atoms with Crippen molar-refractivity contribution in [1.29, 1.82) is 0 Å². The van der Waals surface area contributed by atoms with Crippen LogP contribution in [0.1, 0.15) is 25.0 Å². The minimum absolute atomic E-state index is 0.104. The van der Waals surface area contributed by atoms with Crippen LogP contribution in [0.4, 0.5) is 0 Å². The minimum atomic E-state index is -0.104. The van der Waals surface area contributed by atoms with E-state index in [0.717, 1.165) is 39.3 Å². The Morgan fingerprint density at radius 2 is 0.980 bits per heavy atom. The molecule has 1 aliphatic rings. The molecule has 9 aromatic rings. The second kappa shape index (κ2) is 11.3. The Morgan fingerprint density at radius 3 is 1.78 bits per heavy atom. The van der Waals surface area contributed by atoms with E-state index in [1.807, 2.05) is 6.07 Å². The fraction of sp³-hybridized carbons (Fsp3) is 0.0612. The quantitative estimate of drug-likeness (QED) is 0.189. The van der Waals surface area contributed by atoms with E-state index in [0.29, 0.717) is 0 Å².